The third-order valence-electron chi connectivity index (χ3n) is 4.36. The first-order chi connectivity index (χ1) is 11.9. The highest BCUT2D eigenvalue weighted by molar-refractivity contribution is 6.32. The number of rotatable bonds is 4. The molecule has 1 atom stereocenters. The molecular formula is C18H16N2O5. The number of nitro benzene ring substituents is 1. The van der Waals surface area contributed by atoms with E-state index in [1.165, 1.54) is 30.3 Å². The van der Waals surface area contributed by atoms with Crippen LogP contribution in [0.5, 0.6) is 5.75 Å². The van der Waals surface area contributed by atoms with Crippen molar-refractivity contribution in [3.63, 3.8) is 0 Å². The lowest BCUT2D eigenvalue weighted by molar-refractivity contribution is -0.385. The van der Waals surface area contributed by atoms with Crippen molar-refractivity contribution in [2.24, 2.45) is 0 Å². The average molecular weight is 340 g/mol. The van der Waals surface area contributed by atoms with E-state index in [1.807, 2.05) is 13.8 Å². The molecule has 2 aromatic rings. The van der Waals surface area contributed by atoms with E-state index >= 15 is 0 Å². The van der Waals surface area contributed by atoms with Gasteiger partial charge in [0.05, 0.1) is 16.1 Å². The normalized spacial score (nSPS) is 13.8. The Bertz CT molecular complexity index is 920. The van der Waals surface area contributed by atoms with Crippen LogP contribution in [-0.2, 0) is 0 Å². The van der Waals surface area contributed by atoms with Crippen LogP contribution in [0.4, 0.5) is 11.4 Å². The number of carbonyl (C=O) groups is 2. The highest BCUT2D eigenvalue weighted by Crippen LogP contribution is 2.40. The fraction of sp³-hybridized carbons (Fsp3) is 0.222. The summed E-state index contributed by atoms with van der Waals surface area (Å²) in [6.07, 6.45) is 0.792. The van der Waals surface area contributed by atoms with E-state index in [1.54, 1.807) is 0 Å². The molecule has 0 bridgehead atoms. The maximum atomic E-state index is 12.9. The van der Waals surface area contributed by atoms with Crippen LogP contribution in [-0.4, -0.2) is 27.6 Å². The van der Waals surface area contributed by atoms with Crippen LogP contribution in [0.25, 0.3) is 0 Å². The topological polar surface area (TPSA) is 110 Å². The molecule has 25 heavy (non-hydrogen) atoms. The average Bonchev–Trinajstić information content (AvgIpc) is 2.60. The number of nitrogens with zero attached hydrogens (tertiary/aromatic N) is 1. The number of anilines is 1. The molecule has 0 heterocycles. The van der Waals surface area contributed by atoms with Crippen LogP contribution in [0.1, 0.15) is 52.1 Å². The van der Waals surface area contributed by atoms with Gasteiger partial charge >= 0.3 is 0 Å². The molecule has 1 aliphatic rings. The van der Waals surface area contributed by atoms with Crippen molar-refractivity contribution in [3.8, 4) is 5.75 Å². The number of phenols is 1. The van der Waals surface area contributed by atoms with Gasteiger partial charge in [0.25, 0.3) is 5.69 Å². The van der Waals surface area contributed by atoms with Gasteiger partial charge in [0.1, 0.15) is 11.3 Å². The number of aromatic hydroxyl groups is 1. The zero-order chi connectivity index (χ0) is 18.3. The Hall–Kier alpha value is -3.22. The largest absolute Gasteiger partial charge is 0.507 e. The second kappa shape index (κ2) is 6.01. The summed E-state index contributed by atoms with van der Waals surface area (Å²) in [5, 5.41) is 24.5. The molecule has 0 saturated heterocycles. The second-order valence-corrected chi connectivity index (χ2v) is 5.95. The van der Waals surface area contributed by atoms with E-state index in [0.29, 0.717) is 5.69 Å². The number of hydrogen-bond acceptors (Lipinski definition) is 6. The van der Waals surface area contributed by atoms with Crippen LogP contribution in [0.15, 0.2) is 30.3 Å². The molecule has 0 spiro atoms. The maximum absolute atomic E-state index is 12.9. The van der Waals surface area contributed by atoms with Crippen molar-refractivity contribution >= 4 is 22.9 Å². The Labute approximate surface area is 143 Å². The summed E-state index contributed by atoms with van der Waals surface area (Å²) in [4.78, 5) is 36.3. The molecular weight excluding hydrogens is 324 g/mol. The van der Waals surface area contributed by atoms with Crippen LogP contribution < -0.4 is 5.32 Å². The molecule has 1 unspecified atom stereocenters. The predicted molar refractivity (Wildman–Crippen MR) is 91.4 cm³/mol. The molecule has 128 valence electrons. The number of hydrogen-bond donors (Lipinski definition) is 2. The molecule has 0 aliphatic heterocycles. The van der Waals surface area contributed by atoms with E-state index in [2.05, 4.69) is 5.32 Å². The van der Waals surface area contributed by atoms with Gasteiger partial charge in [0.2, 0.25) is 5.78 Å². The fourth-order valence-electron chi connectivity index (χ4n) is 2.92. The monoisotopic (exact) mass is 340 g/mol. The number of nitrogens with one attached hydrogen (secondary N) is 1. The first-order valence-corrected chi connectivity index (χ1v) is 7.86. The van der Waals surface area contributed by atoms with E-state index < -0.39 is 22.2 Å². The zero-order valence-corrected chi connectivity index (χ0v) is 13.7. The van der Waals surface area contributed by atoms with Gasteiger partial charge in [-0.3, -0.25) is 19.7 Å². The van der Waals surface area contributed by atoms with Gasteiger partial charge in [-0.25, -0.2) is 0 Å². The van der Waals surface area contributed by atoms with Gasteiger partial charge in [-0.05, 0) is 31.5 Å². The number of carbonyl (C=O) groups excluding carboxylic acids is 2. The lowest BCUT2D eigenvalue weighted by Crippen LogP contribution is -2.25. The number of phenolic OH excluding ortho intramolecular Hbond substituents is 1. The van der Waals surface area contributed by atoms with E-state index in [4.69, 9.17) is 0 Å². The third-order valence-corrected chi connectivity index (χ3v) is 4.36. The van der Waals surface area contributed by atoms with Gasteiger partial charge in [-0.15, -0.1) is 0 Å². The van der Waals surface area contributed by atoms with Crippen molar-refractivity contribution in [1.29, 1.82) is 0 Å². The summed E-state index contributed by atoms with van der Waals surface area (Å²) >= 11 is 0. The summed E-state index contributed by atoms with van der Waals surface area (Å²) < 4.78 is 0. The number of nitro groups is 1. The van der Waals surface area contributed by atoms with E-state index in [9.17, 15) is 24.8 Å². The summed E-state index contributed by atoms with van der Waals surface area (Å²) in [6.45, 7) is 3.89. The minimum atomic E-state index is -0.720. The predicted octanol–water partition coefficient (Wildman–Crippen LogP) is 3.29. The molecule has 7 nitrogen and oxygen atoms in total. The molecule has 2 N–H and O–H groups in total. The second-order valence-electron chi connectivity index (χ2n) is 5.95. The lowest BCUT2D eigenvalue weighted by atomic mass is 9.81. The Morgan fingerprint density at radius 1 is 1.12 bits per heavy atom. The smallest absolute Gasteiger partial charge is 0.281 e. The van der Waals surface area contributed by atoms with Crippen molar-refractivity contribution in [2.45, 2.75) is 26.3 Å². The van der Waals surface area contributed by atoms with Gasteiger partial charge in [0, 0.05) is 23.4 Å². The van der Waals surface area contributed by atoms with Crippen LogP contribution in [0.2, 0.25) is 0 Å². The molecule has 7 heteroatoms. The molecule has 0 fully saturated rings. The van der Waals surface area contributed by atoms with Crippen LogP contribution in [0.3, 0.4) is 0 Å². The summed E-state index contributed by atoms with van der Waals surface area (Å²) in [6, 6.07) is 6.83. The maximum Gasteiger partial charge on any atom is 0.281 e. The molecule has 0 radical (unpaired) electrons. The van der Waals surface area contributed by atoms with Crippen molar-refractivity contribution in [2.75, 3.05) is 5.32 Å². The Balaban J connectivity index is 2.28. The van der Waals surface area contributed by atoms with Crippen molar-refractivity contribution < 1.29 is 19.6 Å². The standard InChI is InChI=1S/C18H16N2O5/c1-3-9(2)19-11-7-8-13(21)16-15(11)17(22)10-5-4-6-12(20(24)25)14(10)18(16)23/h4-9,19,21H,3H2,1-2H3. The highest BCUT2D eigenvalue weighted by atomic mass is 16.6. The molecule has 2 aromatic carbocycles. The molecule has 0 aromatic heterocycles. The molecule has 3 rings (SSSR count). The lowest BCUT2D eigenvalue weighted by Gasteiger charge is -2.23. The van der Waals surface area contributed by atoms with Crippen molar-refractivity contribution in [1.82, 2.24) is 0 Å². The van der Waals surface area contributed by atoms with Crippen molar-refractivity contribution in [3.05, 3.63) is 62.7 Å². The number of benzene rings is 2. The quantitative estimate of drug-likeness (QED) is 0.428. The first-order valence-electron chi connectivity index (χ1n) is 7.86. The fourth-order valence-corrected chi connectivity index (χ4v) is 2.92. The summed E-state index contributed by atoms with van der Waals surface area (Å²) in [5.74, 6) is -1.61. The number of ketones is 2. The SMILES string of the molecule is CCC(C)Nc1ccc(O)c2c1C(=O)c1cccc([N+](=O)[O-])c1C2=O. The summed E-state index contributed by atoms with van der Waals surface area (Å²) in [7, 11) is 0. The highest BCUT2D eigenvalue weighted by Gasteiger charge is 2.38. The van der Waals surface area contributed by atoms with Crippen LogP contribution in [0, 0.1) is 10.1 Å². The Morgan fingerprint density at radius 3 is 2.48 bits per heavy atom. The molecule has 0 saturated carbocycles. The Morgan fingerprint density at radius 2 is 1.84 bits per heavy atom. The van der Waals surface area contributed by atoms with E-state index in [-0.39, 0.29) is 34.0 Å². The zero-order valence-electron chi connectivity index (χ0n) is 13.7. The van der Waals surface area contributed by atoms with Gasteiger partial charge in [-0.1, -0.05) is 13.0 Å². The van der Waals surface area contributed by atoms with Gasteiger partial charge < -0.3 is 10.4 Å². The van der Waals surface area contributed by atoms with E-state index in [0.717, 1.165) is 6.42 Å². The summed E-state index contributed by atoms with van der Waals surface area (Å²) in [5.41, 5.74) is -0.456. The molecule has 1 aliphatic carbocycles. The van der Waals surface area contributed by atoms with Gasteiger partial charge in [-0.2, -0.15) is 0 Å². The van der Waals surface area contributed by atoms with Gasteiger partial charge in [0.15, 0.2) is 5.78 Å². The Kier molecular flexibility index (Phi) is 4.00. The minimum absolute atomic E-state index is 0.0236. The third kappa shape index (κ3) is 2.53. The molecule has 0 amide bonds. The number of fused-ring (bicyclic) bond motifs is 2. The first kappa shape index (κ1) is 16.6. The minimum Gasteiger partial charge on any atom is -0.507 e. The van der Waals surface area contributed by atoms with Crippen LogP contribution >= 0.6 is 0 Å².